The predicted octanol–water partition coefficient (Wildman–Crippen LogP) is 4.06. The van der Waals surface area contributed by atoms with Gasteiger partial charge in [0, 0.05) is 23.7 Å². The third-order valence-corrected chi connectivity index (χ3v) is 4.72. The van der Waals surface area contributed by atoms with E-state index >= 15 is 0 Å². The van der Waals surface area contributed by atoms with E-state index < -0.39 is 5.97 Å². The van der Waals surface area contributed by atoms with Crippen molar-refractivity contribution in [3.63, 3.8) is 0 Å². The lowest BCUT2D eigenvalue weighted by Crippen LogP contribution is -2.38. The maximum Gasteiger partial charge on any atom is 0.335 e. The number of halogens is 1. The Balaban J connectivity index is 1.70. The number of nitrogens with zero attached hydrogens (tertiary/aromatic N) is 1. The van der Waals surface area contributed by atoms with Gasteiger partial charge in [0.1, 0.15) is 0 Å². The second-order valence-corrected chi connectivity index (χ2v) is 6.41. The number of carboxylic acid groups (broad SMARTS) is 1. The van der Waals surface area contributed by atoms with Gasteiger partial charge in [-0.1, -0.05) is 35.9 Å². The summed E-state index contributed by atoms with van der Waals surface area (Å²) in [5, 5.41) is 9.88. The van der Waals surface area contributed by atoms with E-state index in [1.54, 1.807) is 36.4 Å². The summed E-state index contributed by atoms with van der Waals surface area (Å²) in [6, 6.07) is 14.1. The van der Waals surface area contributed by atoms with Crippen LogP contribution in [0.1, 0.15) is 45.0 Å². The number of hydrogen-bond donors (Lipinski definition) is 1. The van der Waals surface area contributed by atoms with Crippen LogP contribution < -0.4 is 0 Å². The highest BCUT2D eigenvalue weighted by atomic mass is 35.5. The summed E-state index contributed by atoms with van der Waals surface area (Å²) in [4.78, 5) is 25.7. The summed E-state index contributed by atoms with van der Waals surface area (Å²) in [7, 11) is 0. The maximum absolute atomic E-state index is 12.5. The monoisotopic (exact) mass is 343 g/mol. The lowest BCUT2D eigenvalue weighted by atomic mass is 9.86. The molecule has 0 aromatic heterocycles. The molecule has 0 unspecified atom stereocenters. The van der Waals surface area contributed by atoms with Crippen molar-refractivity contribution in [3.8, 4) is 0 Å². The van der Waals surface area contributed by atoms with Crippen LogP contribution in [0.4, 0.5) is 0 Å². The molecule has 24 heavy (non-hydrogen) atoms. The van der Waals surface area contributed by atoms with Gasteiger partial charge in [-0.25, -0.2) is 4.79 Å². The van der Waals surface area contributed by atoms with E-state index in [1.165, 1.54) is 0 Å². The maximum atomic E-state index is 12.5. The summed E-state index contributed by atoms with van der Waals surface area (Å²) < 4.78 is 0. The molecule has 0 atom stereocenters. The van der Waals surface area contributed by atoms with Gasteiger partial charge in [-0.05, 0) is 48.6 Å². The Labute approximate surface area is 145 Å². The zero-order chi connectivity index (χ0) is 17.1. The second kappa shape index (κ2) is 7.05. The molecule has 2 aromatic carbocycles. The molecule has 0 aliphatic carbocycles. The van der Waals surface area contributed by atoms with Crippen LogP contribution in [0.5, 0.6) is 0 Å². The molecule has 1 heterocycles. The van der Waals surface area contributed by atoms with Crippen molar-refractivity contribution in [2.24, 2.45) is 0 Å². The van der Waals surface area contributed by atoms with Crippen LogP contribution in [0.25, 0.3) is 0 Å². The topological polar surface area (TPSA) is 57.6 Å². The fourth-order valence-electron chi connectivity index (χ4n) is 3.25. The largest absolute Gasteiger partial charge is 0.478 e. The number of piperidine rings is 1. The highest BCUT2D eigenvalue weighted by molar-refractivity contribution is 6.30. The molecule has 0 spiro atoms. The first-order valence-electron chi connectivity index (χ1n) is 7.93. The minimum atomic E-state index is -0.900. The molecule has 1 N–H and O–H groups in total. The Bertz CT molecular complexity index is 767. The lowest BCUT2D eigenvalue weighted by molar-refractivity contribution is 0.0680. The standard InChI is InChI=1S/C19H18ClNO3/c20-15-5-3-4-14(12-15)18(22)21-10-8-13(9-11-21)16-6-1-2-7-17(16)19(23)24/h1-7,12-13H,8-11H2,(H,23,24). The molecule has 4 nitrogen and oxygen atoms in total. The molecule has 0 radical (unpaired) electrons. The first kappa shape index (κ1) is 16.5. The molecule has 1 fully saturated rings. The Morgan fingerprint density at radius 1 is 1.04 bits per heavy atom. The highest BCUT2D eigenvalue weighted by Crippen LogP contribution is 2.31. The van der Waals surface area contributed by atoms with Crippen LogP contribution >= 0.6 is 11.6 Å². The average molecular weight is 344 g/mol. The van der Waals surface area contributed by atoms with E-state index in [0.717, 1.165) is 18.4 Å². The van der Waals surface area contributed by atoms with Gasteiger partial charge in [0.25, 0.3) is 5.91 Å². The predicted molar refractivity (Wildman–Crippen MR) is 92.7 cm³/mol. The number of aromatic carboxylic acids is 1. The molecule has 124 valence electrons. The molecule has 2 aromatic rings. The van der Waals surface area contributed by atoms with Gasteiger partial charge in [-0.15, -0.1) is 0 Å². The minimum Gasteiger partial charge on any atom is -0.478 e. The third kappa shape index (κ3) is 3.44. The van der Waals surface area contributed by atoms with Crippen LogP contribution in [0.3, 0.4) is 0 Å². The molecule has 5 heteroatoms. The van der Waals surface area contributed by atoms with Gasteiger partial charge >= 0.3 is 5.97 Å². The fourth-order valence-corrected chi connectivity index (χ4v) is 3.44. The van der Waals surface area contributed by atoms with Gasteiger partial charge in [0.05, 0.1) is 5.56 Å². The number of carbonyl (C=O) groups excluding carboxylic acids is 1. The first-order valence-corrected chi connectivity index (χ1v) is 8.31. The summed E-state index contributed by atoms with van der Waals surface area (Å²) in [6.07, 6.45) is 1.52. The van der Waals surface area contributed by atoms with Crippen LogP contribution in [0, 0.1) is 0 Å². The van der Waals surface area contributed by atoms with Crippen molar-refractivity contribution >= 4 is 23.5 Å². The van der Waals surface area contributed by atoms with Gasteiger partial charge in [0.2, 0.25) is 0 Å². The molecule has 1 aliphatic rings. The summed E-state index contributed by atoms with van der Waals surface area (Å²) in [5.41, 5.74) is 1.81. The quantitative estimate of drug-likeness (QED) is 0.914. The third-order valence-electron chi connectivity index (χ3n) is 4.48. The number of likely N-dealkylation sites (tertiary alicyclic amines) is 1. The van der Waals surface area contributed by atoms with Crippen molar-refractivity contribution in [1.82, 2.24) is 4.90 Å². The Morgan fingerprint density at radius 3 is 2.42 bits per heavy atom. The Morgan fingerprint density at radius 2 is 1.75 bits per heavy atom. The molecule has 1 amide bonds. The van der Waals surface area contributed by atoms with Crippen molar-refractivity contribution in [2.75, 3.05) is 13.1 Å². The Kier molecular flexibility index (Phi) is 4.86. The zero-order valence-electron chi connectivity index (χ0n) is 13.1. The van der Waals surface area contributed by atoms with Gasteiger partial charge in [0.15, 0.2) is 0 Å². The van der Waals surface area contributed by atoms with Crippen molar-refractivity contribution in [1.29, 1.82) is 0 Å². The van der Waals surface area contributed by atoms with Gasteiger partial charge in [-0.2, -0.15) is 0 Å². The van der Waals surface area contributed by atoms with Crippen LogP contribution in [-0.4, -0.2) is 35.0 Å². The average Bonchev–Trinajstić information content (AvgIpc) is 2.61. The van der Waals surface area contributed by atoms with Crippen molar-refractivity contribution < 1.29 is 14.7 Å². The number of amides is 1. The Hall–Kier alpha value is -2.33. The molecule has 1 saturated heterocycles. The fraction of sp³-hybridized carbons (Fsp3) is 0.263. The van der Waals surface area contributed by atoms with Gasteiger partial charge < -0.3 is 10.0 Å². The van der Waals surface area contributed by atoms with Crippen molar-refractivity contribution in [2.45, 2.75) is 18.8 Å². The molecule has 0 saturated carbocycles. The number of benzene rings is 2. The van der Waals surface area contributed by atoms with E-state index in [1.807, 2.05) is 17.0 Å². The van der Waals surface area contributed by atoms with Crippen molar-refractivity contribution in [3.05, 3.63) is 70.2 Å². The van der Waals surface area contributed by atoms with Crippen LogP contribution in [-0.2, 0) is 0 Å². The minimum absolute atomic E-state index is 0.0255. The SMILES string of the molecule is O=C(O)c1ccccc1C1CCN(C(=O)c2cccc(Cl)c2)CC1. The molecule has 0 bridgehead atoms. The van der Waals surface area contributed by atoms with Gasteiger partial charge in [-0.3, -0.25) is 4.79 Å². The molecular weight excluding hydrogens is 326 g/mol. The smallest absolute Gasteiger partial charge is 0.335 e. The second-order valence-electron chi connectivity index (χ2n) is 5.97. The van der Waals surface area contributed by atoms with E-state index in [4.69, 9.17) is 11.6 Å². The summed E-state index contributed by atoms with van der Waals surface area (Å²) >= 11 is 5.95. The summed E-state index contributed by atoms with van der Waals surface area (Å²) in [6.45, 7) is 1.23. The van der Waals surface area contributed by atoms with E-state index in [2.05, 4.69) is 0 Å². The highest BCUT2D eigenvalue weighted by Gasteiger charge is 2.26. The lowest BCUT2D eigenvalue weighted by Gasteiger charge is -2.32. The number of rotatable bonds is 3. The molecule has 3 rings (SSSR count). The summed E-state index contributed by atoms with van der Waals surface area (Å²) in [5.74, 6) is -0.758. The van der Waals surface area contributed by atoms with Crippen LogP contribution in [0.2, 0.25) is 5.02 Å². The van der Waals surface area contributed by atoms with E-state index in [0.29, 0.717) is 29.2 Å². The zero-order valence-corrected chi connectivity index (χ0v) is 13.9. The number of hydrogen-bond acceptors (Lipinski definition) is 2. The molecular formula is C19H18ClNO3. The number of carbonyl (C=O) groups is 2. The normalized spacial score (nSPS) is 15.3. The molecule has 1 aliphatic heterocycles. The van der Waals surface area contributed by atoms with E-state index in [-0.39, 0.29) is 11.8 Å². The first-order chi connectivity index (χ1) is 11.6. The van der Waals surface area contributed by atoms with E-state index in [9.17, 15) is 14.7 Å². The van der Waals surface area contributed by atoms with Crippen LogP contribution in [0.15, 0.2) is 48.5 Å². The number of carboxylic acids is 1.